The van der Waals surface area contributed by atoms with E-state index in [1.807, 2.05) is 31.2 Å². The van der Waals surface area contributed by atoms with Gasteiger partial charge in [0, 0.05) is 12.3 Å². The van der Waals surface area contributed by atoms with Crippen molar-refractivity contribution in [3.63, 3.8) is 0 Å². The summed E-state index contributed by atoms with van der Waals surface area (Å²) < 4.78 is 4.86. The Bertz CT molecular complexity index is 521. The molecule has 0 unspecified atom stereocenters. The van der Waals surface area contributed by atoms with Gasteiger partial charge in [-0.05, 0) is 30.9 Å². The van der Waals surface area contributed by atoms with E-state index in [-0.39, 0.29) is 17.8 Å². The summed E-state index contributed by atoms with van der Waals surface area (Å²) in [6, 6.07) is 7.29. The van der Waals surface area contributed by atoms with Gasteiger partial charge in [0.25, 0.3) is 0 Å². The van der Waals surface area contributed by atoms with Crippen LogP contribution in [0.1, 0.15) is 43.2 Å². The third-order valence-electron chi connectivity index (χ3n) is 4.46. The number of rotatable bonds is 5. The average Bonchev–Trinajstić information content (AvgIpc) is 2.56. The summed E-state index contributed by atoms with van der Waals surface area (Å²) in [5.41, 5.74) is 2.17. The summed E-state index contributed by atoms with van der Waals surface area (Å²) >= 11 is 0. The van der Waals surface area contributed by atoms with Crippen molar-refractivity contribution in [2.45, 2.75) is 51.5 Å². The highest BCUT2D eigenvalue weighted by Gasteiger charge is 2.27. The standard InChI is InChI=1S/C18H25NO3/c1-13-8-6-7-11-15(13)12-16(18(21)22-2)19-17(20)14-9-4-3-5-10-14/h6-8,11,14,16H,3-5,9-10,12H2,1-2H3,(H,19,20)/t16-/m1/s1. The number of nitrogens with one attached hydrogen (secondary N) is 1. The molecular formula is C18H25NO3. The molecule has 1 aliphatic carbocycles. The molecule has 0 aromatic heterocycles. The molecule has 1 atom stereocenters. The molecule has 0 radical (unpaired) electrons. The maximum absolute atomic E-state index is 12.4. The molecule has 120 valence electrons. The molecule has 4 heteroatoms. The van der Waals surface area contributed by atoms with Crippen molar-refractivity contribution in [1.29, 1.82) is 0 Å². The van der Waals surface area contributed by atoms with Crippen LogP contribution in [0.25, 0.3) is 0 Å². The Balaban J connectivity index is 2.04. The second-order valence-corrected chi connectivity index (χ2v) is 6.05. The maximum Gasteiger partial charge on any atom is 0.328 e. The molecule has 1 fully saturated rings. The molecular weight excluding hydrogens is 278 g/mol. The lowest BCUT2D eigenvalue weighted by Gasteiger charge is -2.24. The first-order valence-electron chi connectivity index (χ1n) is 8.04. The number of carbonyl (C=O) groups is 2. The molecule has 1 aromatic carbocycles. The number of hydrogen-bond acceptors (Lipinski definition) is 3. The fraction of sp³-hybridized carbons (Fsp3) is 0.556. The summed E-state index contributed by atoms with van der Waals surface area (Å²) in [4.78, 5) is 24.4. The van der Waals surface area contributed by atoms with Crippen LogP contribution in [0.15, 0.2) is 24.3 Å². The highest BCUT2D eigenvalue weighted by molar-refractivity contribution is 5.86. The minimum atomic E-state index is -0.611. The van der Waals surface area contributed by atoms with Crippen molar-refractivity contribution in [3.8, 4) is 0 Å². The van der Waals surface area contributed by atoms with Crippen molar-refractivity contribution in [1.82, 2.24) is 5.32 Å². The van der Waals surface area contributed by atoms with Gasteiger partial charge >= 0.3 is 5.97 Å². The van der Waals surface area contributed by atoms with E-state index in [0.717, 1.165) is 36.8 Å². The number of amides is 1. The lowest BCUT2D eigenvalue weighted by Crippen LogP contribution is -2.46. The molecule has 0 spiro atoms. The third kappa shape index (κ3) is 4.33. The number of methoxy groups -OCH3 is 1. The topological polar surface area (TPSA) is 55.4 Å². The molecule has 1 aliphatic rings. The summed E-state index contributed by atoms with van der Waals surface area (Å²) in [6.45, 7) is 2.01. The quantitative estimate of drug-likeness (QED) is 0.851. The van der Waals surface area contributed by atoms with Gasteiger partial charge in [-0.25, -0.2) is 4.79 Å². The van der Waals surface area contributed by atoms with Gasteiger partial charge in [0.2, 0.25) is 5.91 Å². The number of ether oxygens (including phenoxy) is 1. The van der Waals surface area contributed by atoms with Gasteiger partial charge in [0.1, 0.15) is 6.04 Å². The zero-order valence-electron chi connectivity index (χ0n) is 13.4. The first-order chi connectivity index (χ1) is 10.6. The Morgan fingerprint density at radius 1 is 1.23 bits per heavy atom. The van der Waals surface area contributed by atoms with Crippen LogP contribution in [-0.4, -0.2) is 25.0 Å². The zero-order chi connectivity index (χ0) is 15.9. The number of benzene rings is 1. The minimum absolute atomic E-state index is 0.0105. The highest BCUT2D eigenvalue weighted by Crippen LogP contribution is 2.24. The molecule has 1 N–H and O–H groups in total. The van der Waals surface area contributed by atoms with Crippen LogP contribution in [0.5, 0.6) is 0 Å². The Morgan fingerprint density at radius 3 is 2.55 bits per heavy atom. The molecule has 22 heavy (non-hydrogen) atoms. The summed E-state index contributed by atoms with van der Waals surface area (Å²) in [5.74, 6) is -0.353. The van der Waals surface area contributed by atoms with Crippen LogP contribution in [-0.2, 0) is 20.7 Å². The van der Waals surface area contributed by atoms with Gasteiger partial charge in [-0.3, -0.25) is 4.79 Å². The van der Waals surface area contributed by atoms with E-state index in [9.17, 15) is 9.59 Å². The zero-order valence-corrected chi connectivity index (χ0v) is 13.4. The van der Waals surface area contributed by atoms with Gasteiger partial charge in [-0.2, -0.15) is 0 Å². The fourth-order valence-electron chi connectivity index (χ4n) is 3.05. The molecule has 1 aromatic rings. The van der Waals surface area contributed by atoms with E-state index in [0.29, 0.717) is 6.42 Å². The molecule has 0 aliphatic heterocycles. The van der Waals surface area contributed by atoms with Gasteiger partial charge in [0.05, 0.1) is 7.11 Å². The monoisotopic (exact) mass is 303 g/mol. The molecule has 1 saturated carbocycles. The van der Waals surface area contributed by atoms with Gasteiger partial charge in [0.15, 0.2) is 0 Å². The highest BCUT2D eigenvalue weighted by atomic mass is 16.5. The Morgan fingerprint density at radius 2 is 1.91 bits per heavy atom. The maximum atomic E-state index is 12.4. The Kier molecular flexibility index (Phi) is 5.99. The van der Waals surface area contributed by atoms with Crippen LogP contribution in [0.4, 0.5) is 0 Å². The van der Waals surface area contributed by atoms with Crippen LogP contribution < -0.4 is 5.32 Å². The lowest BCUT2D eigenvalue weighted by atomic mass is 9.88. The van der Waals surface area contributed by atoms with Crippen LogP contribution in [0.3, 0.4) is 0 Å². The van der Waals surface area contributed by atoms with Gasteiger partial charge in [-0.1, -0.05) is 43.5 Å². The molecule has 1 amide bonds. The van der Waals surface area contributed by atoms with E-state index in [4.69, 9.17) is 4.74 Å². The van der Waals surface area contributed by atoms with Crippen molar-refractivity contribution < 1.29 is 14.3 Å². The molecule has 0 saturated heterocycles. The summed E-state index contributed by atoms with van der Waals surface area (Å²) in [6.07, 6.45) is 5.71. The van der Waals surface area contributed by atoms with Crippen molar-refractivity contribution in [3.05, 3.63) is 35.4 Å². The lowest BCUT2D eigenvalue weighted by molar-refractivity contribution is -0.145. The number of hydrogen-bond donors (Lipinski definition) is 1. The second-order valence-electron chi connectivity index (χ2n) is 6.05. The summed E-state index contributed by atoms with van der Waals surface area (Å²) in [5, 5.41) is 2.90. The van der Waals surface area contributed by atoms with Crippen LogP contribution in [0, 0.1) is 12.8 Å². The van der Waals surface area contributed by atoms with E-state index in [2.05, 4.69) is 5.32 Å². The van der Waals surface area contributed by atoms with Crippen LogP contribution >= 0.6 is 0 Å². The average molecular weight is 303 g/mol. The first-order valence-corrected chi connectivity index (χ1v) is 8.04. The summed E-state index contributed by atoms with van der Waals surface area (Å²) in [7, 11) is 1.36. The Labute approximate surface area is 132 Å². The van der Waals surface area contributed by atoms with E-state index < -0.39 is 6.04 Å². The predicted molar refractivity (Wildman–Crippen MR) is 85.4 cm³/mol. The minimum Gasteiger partial charge on any atom is -0.467 e. The smallest absolute Gasteiger partial charge is 0.328 e. The number of aryl methyl sites for hydroxylation is 1. The van der Waals surface area contributed by atoms with E-state index >= 15 is 0 Å². The van der Waals surface area contributed by atoms with E-state index in [1.165, 1.54) is 13.5 Å². The third-order valence-corrected chi connectivity index (χ3v) is 4.46. The fourth-order valence-corrected chi connectivity index (χ4v) is 3.05. The SMILES string of the molecule is COC(=O)[C@@H](Cc1ccccc1C)NC(=O)C1CCCCC1. The number of esters is 1. The first kappa shape index (κ1) is 16.5. The van der Waals surface area contributed by atoms with Crippen molar-refractivity contribution in [2.24, 2.45) is 5.92 Å². The predicted octanol–water partition coefficient (Wildman–Crippen LogP) is 2.78. The van der Waals surface area contributed by atoms with Gasteiger partial charge in [-0.15, -0.1) is 0 Å². The normalized spacial score (nSPS) is 16.8. The van der Waals surface area contributed by atoms with E-state index in [1.54, 1.807) is 0 Å². The Hall–Kier alpha value is -1.84. The van der Waals surface area contributed by atoms with Crippen molar-refractivity contribution >= 4 is 11.9 Å². The van der Waals surface area contributed by atoms with Crippen LogP contribution in [0.2, 0.25) is 0 Å². The number of carbonyl (C=O) groups excluding carboxylic acids is 2. The molecule has 0 bridgehead atoms. The second kappa shape index (κ2) is 7.97. The van der Waals surface area contributed by atoms with Crippen molar-refractivity contribution in [2.75, 3.05) is 7.11 Å². The molecule has 0 heterocycles. The molecule has 4 nitrogen and oxygen atoms in total. The largest absolute Gasteiger partial charge is 0.467 e. The van der Waals surface area contributed by atoms with Gasteiger partial charge < -0.3 is 10.1 Å². The molecule has 2 rings (SSSR count).